The number of carbonyl (C=O) groups is 3. The minimum absolute atomic E-state index is 0.147. The van der Waals surface area contributed by atoms with E-state index in [1.807, 2.05) is 30.3 Å². The van der Waals surface area contributed by atoms with Crippen molar-refractivity contribution in [1.29, 1.82) is 0 Å². The standard InChI is InChI=1S/C25H20ClFN2O3/c1-16(17-5-3-2-4-6-17)28(24(31)18-7-11-20(27)12-8-18)22-15-23(30)29(25(22)32)21-13-9-19(26)10-14-21/h2-14,16,22H,15H2,1H3. The highest BCUT2D eigenvalue weighted by atomic mass is 35.5. The van der Waals surface area contributed by atoms with Crippen LogP contribution in [0.4, 0.5) is 10.1 Å². The maximum Gasteiger partial charge on any atom is 0.257 e. The molecule has 0 aromatic heterocycles. The number of imide groups is 1. The largest absolute Gasteiger partial charge is 0.319 e. The monoisotopic (exact) mass is 450 g/mol. The van der Waals surface area contributed by atoms with Gasteiger partial charge in [-0.3, -0.25) is 14.4 Å². The quantitative estimate of drug-likeness (QED) is 0.513. The maximum absolute atomic E-state index is 13.5. The second kappa shape index (κ2) is 8.93. The number of nitrogens with zero attached hydrogens (tertiary/aromatic N) is 2. The van der Waals surface area contributed by atoms with Gasteiger partial charge in [-0.25, -0.2) is 9.29 Å². The summed E-state index contributed by atoms with van der Waals surface area (Å²) >= 11 is 5.93. The lowest BCUT2D eigenvalue weighted by Gasteiger charge is -2.33. The van der Waals surface area contributed by atoms with Gasteiger partial charge in [-0.05, 0) is 61.0 Å². The number of hydrogen-bond donors (Lipinski definition) is 0. The van der Waals surface area contributed by atoms with Gasteiger partial charge in [-0.15, -0.1) is 0 Å². The molecule has 0 N–H and O–H groups in total. The predicted molar refractivity (Wildman–Crippen MR) is 120 cm³/mol. The second-order valence-electron chi connectivity index (χ2n) is 7.57. The van der Waals surface area contributed by atoms with Gasteiger partial charge >= 0.3 is 0 Å². The average Bonchev–Trinajstić information content (AvgIpc) is 3.09. The summed E-state index contributed by atoms with van der Waals surface area (Å²) in [5, 5.41) is 0.482. The fraction of sp³-hybridized carbons (Fsp3) is 0.160. The minimum Gasteiger partial charge on any atom is -0.319 e. The van der Waals surface area contributed by atoms with Crippen molar-refractivity contribution in [3.05, 3.63) is 101 Å². The number of rotatable bonds is 5. The van der Waals surface area contributed by atoms with Crippen molar-refractivity contribution in [2.45, 2.75) is 25.4 Å². The van der Waals surface area contributed by atoms with Crippen LogP contribution in [0, 0.1) is 5.82 Å². The zero-order valence-electron chi connectivity index (χ0n) is 17.2. The first kappa shape index (κ1) is 21.7. The molecule has 2 unspecified atom stereocenters. The number of carbonyl (C=O) groups excluding carboxylic acids is 3. The van der Waals surface area contributed by atoms with E-state index >= 15 is 0 Å². The van der Waals surface area contributed by atoms with Gasteiger partial charge in [0.05, 0.1) is 18.2 Å². The summed E-state index contributed by atoms with van der Waals surface area (Å²) in [6.45, 7) is 1.81. The Morgan fingerprint density at radius 1 is 1.00 bits per heavy atom. The number of halogens is 2. The van der Waals surface area contributed by atoms with Gasteiger partial charge in [-0.1, -0.05) is 41.9 Å². The van der Waals surface area contributed by atoms with Gasteiger partial charge in [0.15, 0.2) is 0 Å². The van der Waals surface area contributed by atoms with Crippen molar-refractivity contribution in [3.63, 3.8) is 0 Å². The molecule has 0 saturated carbocycles. The molecule has 0 aliphatic carbocycles. The fourth-order valence-corrected chi connectivity index (χ4v) is 4.04. The van der Waals surface area contributed by atoms with E-state index in [0.29, 0.717) is 10.7 Å². The Morgan fingerprint density at radius 2 is 1.62 bits per heavy atom. The molecular weight excluding hydrogens is 431 g/mol. The van der Waals surface area contributed by atoms with Crippen molar-refractivity contribution >= 4 is 35.0 Å². The summed E-state index contributed by atoms with van der Waals surface area (Å²) in [5.74, 6) is -1.81. The first-order valence-electron chi connectivity index (χ1n) is 10.1. The van der Waals surface area contributed by atoms with Crippen molar-refractivity contribution in [1.82, 2.24) is 4.90 Å². The molecule has 1 aliphatic rings. The summed E-state index contributed by atoms with van der Waals surface area (Å²) < 4.78 is 13.4. The Balaban J connectivity index is 1.73. The molecule has 7 heteroatoms. The van der Waals surface area contributed by atoms with E-state index in [1.165, 1.54) is 29.2 Å². The molecule has 3 amide bonds. The molecule has 1 heterocycles. The Kier molecular flexibility index (Phi) is 6.06. The highest BCUT2D eigenvalue weighted by Crippen LogP contribution is 2.32. The normalized spacial score (nSPS) is 16.8. The first-order chi connectivity index (χ1) is 15.4. The van der Waals surface area contributed by atoms with Crippen LogP contribution in [-0.2, 0) is 9.59 Å². The molecule has 0 radical (unpaired) electrons. The van der Waals surface area contributed by atoms with Crippen molar-refractivity contribution in [3.8, 4) is 0 Å². The van der Waals surface area contributed by atoms with Crippen LogP contribution in [0.15, 0.2) is 78.9 Å². The molecule has 162 valence electrons. The number of hydrogen-bond acceptors (Lipinski definition) is 3. The van der Waals surface area contributed by atoms with E-state index < -0.39 is 35.6 Å². The van der Waals surface area contributed by atoms with E-state index in [-0.39, 0.29) is 12.0 Å². The van der Waals surface area contributed by atoms with E-state index in [9.17, 15) is 18.8 Å². The Hall–Kier alpha value is -3.51. The van der Waals surface area contributed by atoms with E-state index in [0.717, 1.165) is 10.5 Å². The smallest absolute Gasteiger partial charge is 0.257 e. The number of amides is 3. The van der Waals surface area contributed by atoms with Crippen molar-refractivity contribution in [2.75, 3.05) is 4.90 Å². The summed E-state index contributed by atoms with van der Waals surface area (Å²) in [4.78, 5) is 42.2. The SMILES string of the molecule is CC(c1ccccc1)N(C(=O)c1ccc(F)cc1)C1CC(=O)N(c2ccc(Cl)cc2)C1=O. The zero-order chi connectivity index (χ0) is 22.8. The predicted octanol–water partition coefficient (Wildman–Crippen LogP) is 5.01. The third-order valence-electron chi connectivity index (χ3n) is 5.57. The molecule has 3 aromatic carbocycles. The molecular formula is C25H20ClFN2O3. The third kappa shape index (κ3) is 4.14. The highest BCUT2D eigenvalue weighted by molar-refractivity contribution is 6.31. The van der Waals surface area contributed by atoms with Gasteiger partial charge in [0.25, 0.3) is 11.8 Å². The highest BCUT2D eigenvalue weighted by Gasteiger charge is 2.46. The summed E-state index contributed by atoms with van der Waals surface area (Å²) in [5.41, 5.74) is 1.45. The van der Waals surface area contributed by atoms with Crippen LogP contribution >= 0.6 is 11.6 Å². The molecule has 1 fully saturated rings. The Bertz CT molecular complexity index is 1150. The van der Waals surface area contributed by atoms with Crippen LogP contribution in [0.3, 0.4) is 0 Å². The number of anilines is 1. The van der Waals surface area contributed by atoms with Gasteiger partial charge in [-0.2, -0.15) is 0 Å². The lowest BCUT2D eigenvalue weighted by molar-refractivity contribution is -0.122. The molecule has 5 nitrogen and oxygen atoms in total. The topological polar surface area (TPSA) is 57.7 Å². The van der Waals surface area contributed by atoms with Crippen LogP contribution in [0.2, 0.25) is 5.02 Å². The summed E-state index contributed by atoms with van der Waals surface area (Å²) in [7, 11) is 0. The maximum atomic E-state index is 13.5. The molecule has 32 heavy (non-hydrogen) atoms. The molecule has 2 atom stereocenters. The van der Waals surface area contributed by atoms with Crippen LogP contribution in [0.25, 0.3) is 0 Å². The lowest BCUT2D eigenvalue weighted by Crippen LogP contribution is -2.46. The Labute approximate surface area is 190 Å². The average molecular weight is 451 g/mol. The van der Waals surface area contributed by atoms with Crippen LogP contribution in [0.1, 0.15) is 35.3 Å². The fourth-order valence-electron chi connectivity index (χ4n) is 3.92. The van der Waals surface area contributed by atoms with Gasteiger partial charge in [0, 0.05) is 10.6 Å². The van der Waals surface area contributed by atoms with Crippen LogP contribution in [0.5, 0.6) is 0 Å². The van der Waals surface area contributed by atoms with Crippen molar-refractivity contribution in [2.24, 2.45) is 0 Å². The van der Waals surface area contributed by atoms with E-state index in [2.05, 4.69) is 0 Å². The Morgan fingerprint density at radius 3 is 2.25 bits per heavy atom. The summed E-state index contributed by atoms with van der Waals surface area (Å²) in [6.07, 6.45) is -0.147. The van der Waals surface area contributed by atoms with Crippen molar-refractivity contribution < 1.29 is 18.8 Å². The van der Waals surface area contributed by atoms with E-state index in [1.54, 1.807) is 31.2 Å². The molecule has 4 rings (SSSR count). The first-order valence-corrected chi connectivity index (χ1v) is 10.5. The van der Waals surface area contributed by atoms with Crippen LogP contribution < -0.4 is 4.90 Å². The van der Waals surface area contributed by atoms with Gasteiger partial charge in [0.1, 0.15) is 11.9 Å². The van der Waals surface area contributed by atoms with Gasteiger partial charge < -0.3 is 4.90 Å². The van der Waals surface area contributed by atoms with E-state index in [4.69, 9.17) is 11.6 Å². The lowest BCUT2D eigenvalue weighted by atomic mass is 10.0. The minimum atomic E-state index is -0.995. The zero-order valence-corrected chi connectivity index (χ0v) is 18.0. The van der Waals surface area contributed by atoms with Crippen LogP contribution in [-0.4, -0.2) is 28.7 Å². The molecule has 0 bridgehead atoms. The molecule has 0 spiro atoms. The summed E-state index contributed by atoms with van der Waals surface area (Å²) in [6, 6.07) is 19.3. The third-order valence-corrected chi connectivity index (χ3v) is 5.82. The molecule has 1 saturated heterocycles. The molecule has 3 aromatic rings. The molecule has 1 aliphatic heterocycles. The van der Waals surface area contributed by atoms with Gasteiger partial charge in [0.2, 0.25) is 5.91 Å². The second-order valence-corrected chi connectivity index (χ2v) is 8.01. The number of benzene rings is 3.